The maximum absolute atomic E-state index is 13.4. The van der Waals surface area contributed by atoms with Gasteiger partial charge in [-0.2, -0.15) is 0 Å². The predicted octanol–water partition coefficient (Wildman–Crippen LogP) is 26.7. The standard InChI is InChI=1S/C42H62N2O3.C41H60N2O3.C37H53NO2.C5H11NO2/c1-27(2)30-17-23-42(43-35(45)20-26-44(8)9)25-24-40(6)32(36(30)42)15-16-34-39(5)21-18-31(28-11-13-29(14-12-28)37(46)47-10)38(3,4)33(39)19-22-41(34,40)7;1-26(2)29-16-22-41(42-34(44)19-25-43(8)9)24-23-39(6)31(35(29)41)14-15-33-38(5)20-17-30(27-10-12-28(13-11-27)36(45)46)37(3,4)32(38)18-21-40(33,39)7;1-23(2)26-15-20-37(38)22-21-35(6)28(31(26)37)13-14-30-34(5)18-16-27(24-9-11-25(12-10-24)32(39)40-8)33(3,4)29(34)17-19-36(30,35)7;1-6(2)4-3-5(7)8/h11-14,18,30,32-34,36H,1,15-17,19-26H2,2-10H3,(H,43,45);10-13,17,29,31-33,35H,1,14-16,18-25H2,2-9H3,(H,42,44)(H,45,46);9-12,16,26,28-31H,1,13-15,17-22,38H2,2-8H3;3-4H2,1-2H3,(H,7,8)/t30-,32+,33-,34+,36+,39-,40+,41+,42-;29-,31+,32-,33+,35+,38-,39+,40+,41-;26-,28+,29-,30+,31+,34-,35+,36+,37-;/m000./s1. The molecule has 27 atom stereocenters. The number of aliphatic carboxylic acids is 1. The van der Waals surface area contributed by atoms with Crippen LogP contribution in [0.4, 0.5) is 0 Å². The molecule has 18 rings (SSSR count). The number of carbonyl (C=O) groups is 6. The third kappa shape index (κ3) is 18.0. The smallest absolute Gasteiger partial charge is 0.337 e. The summed E-state index contributed by atoms with van der Waals surface area (Å²) < 4.78 is 9.89. The number of nitrogens with two attached hydrogens (primary N) is 1. The first-order chi connectivity index (χ1) is 65.9. The van der Waals surface area contributed by atoms with Gasteiger partial charge in [0.2, 0.25) is 11.8 Å². The number of hydrogen-bond donors (Lipinski definition) is 5. The van der Waals surface area contributed by atoms with Gasteiger partial charge in [-0.15, -0.1) is 0 Å². The van der Waals surface area contributed by atoms with Crippen LogP contribution in [0.2, 0.25) is 0 Å². The van der Waals surface area contributed by atoms with Crippen LogP contribution in [0.25, 0.3) is 16.7 Å². The summed E-state index contributed by atoms with van der Waals surface area (Å²) in [5.41, 5.74) is 23.1. The van der Waals surface area contributed by atoms with Gasteiger partial charge in [0.25, 0.3) is 0 Å². The molecule has 3 aromatic carbocycles. The number of benzene rings is 3. The zero-order valence-corrected chi connectivity index (χ0v) is 92.4. The van der Waals surface area contributed by atoms with Gasteiger partial charge >= 0.3 is 23.9 Å². The number of ether oxygens (including phenoxy) is 2. The number of amides is 2. The first-order valence-electron chi connectivity index (χ1n) is 55.3. The Balaban J connectivity index is 0.000000154. The predicted molar refractivity (Wildman–Crippen MR) is 574 cm³/mol. The fourth-order valence-electron chi connectivity index (χ4n) is 38.5. The molecule has 0 saturated heterocycles. The van der Waals surface area contributed by atoms with Crippen molar-refractivity contribution in [3.05, 3.63) is 161 Å². The minimum Gasteiger partial charge on any atom is -0.481 e. The number of nitrogens with zero attached hydrogens (tertiary/aromatic N) is 3. The molecule has 0 heterocycles. The number of methoxy groups -OCH3 is 2. The molecule has 15 aliphatic rings. The first kappa shape index (κ1) is 108. The highest BCUT2D eigenvalue weighted by molar-refractivity contribution is 5.91. The van der Waals surface area contributed by atoms with E-state index in [1.807, 2.05) is 69.5 Å². The Bertz CT molecular complexity index is 5320. The van der Waals surface area contributed by atoms with Gasteiger partial charge in [0.1, 0.15) is 0 Å². The van der Waals surface area contributed by atoms with Crippen molar-refractivity contribution in [1.29, 1.82) is 0 Å². The summed E-state index contributed by atoms with van der Waals surface area (Å²) in [5, 5.41) is 25.0. The van der Waals surface area contributed by atoms with E-state index < -0.39 is 11.9 Å². The van der Waals surface area contributed by atoms with Gasteiger partial charge in [-0.25, -0.2) is 14.4 Å². The van der Waals surface area contributed by atoms with E-state index in [0.29, 0.717) is 135 Å². The van der Waals surface area contributed by atoms with Crippen LogP contribution in [0.5, 0.6) is 0 Å². The van der Waals surface area contributed by atoms with Crippen LogP contribution in [0.3, 0.4) is 0 Å². The highest BCUT2D eigenvalue weighted by atomic mass is 16.5. The van der Waals surface area contributed by atoms with E-state index in [-0.39, 0.29) is 95.5 Å². The number of hydrogen-bond acceptors (Lipinski definition) is 12. The highest BCUT2D eigenvalue weighted by Crippen LogP contribution is 2.82. The molecule has 16 heteroatoms. The number of rotatable bonds is 20. The van der Waals surface area contributed by atoms with E-state index >= 15 is 0 Å². The summed E-state index contributed by atoms with van der Waals surface area (Å²) in [6.07, 6.45) is 41.7. The molecule has 15 aliphatic carbocycles. The number of carboxylic acid groups (broad SMARTS) is 2. The summed E-state index contributed by atoms with van der Waals surface area (Å²) in [4.78, 5) is 78.4. The van der Waals surface area contributed by atoms with Crippen molar-refractivity contribution in [2.24, 2.45) is 159 Å². The molecule has 6 N–H and O–H groups in total. The van der Waals surface area contributed by atoms with E-state index in [4.69, 9.17) is 20.3 Å². The summed E-state index contributed by atoms with van der Waals surface area (Å²) in [6.45, 7) is 61.4. The number of nitrogens with one attached hydrogen (secondary N) is 2. The van der Waals surface area contributed by atoms with Crippen LogP contribution in [0.1, 0.15) is 365 Å². The minimum atomic E-state index is -0.870. The lowest BCUT2D eigenvalue weighted by atomic mass is 9.33. The van der Waals surface area contributed by atoms with Crippen molar-refractivity contribution < 1.29 is 48.5 Å². The van der Waals surface area contributed by atoms with Crippen LogP contribution < -0.4 is 16.4 Å². The molecular formula is C125H186N6O10. The molecular weight excluding hydrogens is 1750 g/mol. The summed E-state index contributed by atoms with van der Waals surface area (Å²) >= 11 is 0. The van der Waals surface area contributed by atoms with E-state index in [1.165, 1.54) is 180 Å². The first-order valence-corrected chi connectivity index (χ1v) is 55.3. The Morgan fingerprint density at radius 3 is 0.936 bits per heavy atom. The summed E-state index contributed by atoms with van der Waals surface area (Å²) in [7, 11) is 14.8. The molecule has 0 unspecified atom stereocenters. The SMILES string of the molecule is C=C(C)[C@@H]1CC[C@]2(N)CC[C@]3(C)[C@H](CC[C@@H]4[C@@]5(C)CC=C(c6ccc(C(=O)OC)cc6)C(C)(C)[C@@H]5CC[C@]43C)[C@@H]12.C=C(C)[C@@H]1CC[C@]2(NC(=O)CCN(C)C)CC[C@]3(C)[C@H](CC[C@@H]4[C@@]5(C)CC=C(c6ccc(C(=O)O)cc6)C(C)(C)[C@@H]5CC[C@]43C)[C@@H]12.C=C(C)[C@@H]1CC[C@]2(NC(=O)CCN(C)C)CC[C@]3(C)[C@H](CC[C@@H]4[C@@]5(C)CC=C(c6ccc(C(=O)OC)cc6)C(C)(C)[C@@H]5CC[C@]43C)[C@@H]12.CN(C)CCC(=O)O. The number of esters is 2. The largest absolute Gasteiger partial charge is 0.481 e. The van der Waals surface area contributed by atoms with Crippen molar-refractivity contribution in [3.8, 4) is 0 Å². The minimum absolute atomic E-state index is 0.00584. The van der Waals surface area contributed by atoms with Crippen molar-refractivity contribution in [2.75, 3.05) is 76.1 Å². The molecule has 0 bridgehead atoms. The van der Waals surface area contributed by atoms with Gasteiger partial charge < -0.3 is 50.8 Å². The number of fused-ring (bicyclic) bond motifs is 21. The van der Waals surface area contributed by atoms with E-state index in [9.17, 15) is 33.9 Å². The zero-order chi connectivity index (χ0) is 103. The number of aromatic carboxylic acids is 1. The molecule has 3 aromatic rings. The molecule has 12 saturated carbocycles. The molecule has 776 valence electrons. The Labute approximate surface area is 851 Å². The van der Waals surface area contributed by atoms with Crippen molar-refractivity contribution >= 4 is 52.4 Å². The van der Waals surface area contributed by atoms with Gasteiger partial charge in [0, 0.05) is 49.1 Å². The van der Waals surface area contributed by atoms with Crippen LogP contribution in [0.15, 0.2) is 127 Å². The third-order valence-electron chi connectivity index (χ3n) is 45.8. The molecule has 0 radical (unpaired) electrons. The molecule has 16 nitrogen and oxygen atoms in total. The van der Waals surface area contributed by atoms with Gasteiger partial charge in [-0.3, -0.25) is 14.4 Å². The van der Waals surface area contributed by atoms with E-state index in [1.54, 1.807) is 12.1 Å². The lowest BCUT2D eigenvalue weighted by Crippen LogP contribution is -2.68. The molecule has 141 heavy (non-hydrogen) atoms. The number of carbonyl (C=O) groups excluding carboxylic acids is 4. The van der Waals surface area contributed by atoms with Crippen LogP contribution >= 0.6 is 0 Å². The average Bonchev–Trinajstić information content (AvgIpc) is 1.66. The Hall–Kier alpha value is -7.24. The normalized spacial score (nSPS) is 40.2. The Kier molecular flexibility index (Phi) is 30.0. The van der Waals surface area contributed by atoms with E-state index in [0.717, 1.165) is 76.8 Å². The molecule has 0 aliphatic heterocycles. The van der Waals surface area contributed by atoms with Crippen molar-refractivity contribution in [1.82, 2.24) is 25.3 Å². The highest BCUT2D eigenvalue weighted by Gasteiger charge is 2.75. The van der Waals surface area contributed by atoms with Crippen molar-refractivity contribution in [3.63, 3.8) is 0 Å². The lowest BCUT2D eigenvalue weighted by molar-refractivity contribution is -0.219. The summed E-state index contributed by atoms with van der Waals surface area (Å²) in [5.74, 6) is 7.21. The maximum Gasteiger partial charge on any atom is 0.337 e. The quantitative estimate of drug-likeness (QED) is 0.0525. The van der Waals surface area contributed by atoms with Gasteiger partial charge in [0.15, 0.2) is 0 Å². The summed E-state index contributed by atoms with van der Waals surface area (Å²) in [6, 6.07) is 23.7. The fourth-order valence-corrected chi connectivity index (χ4v) is 38.5. The number of allylic oxidation sites excluding steroid dienone is 9. The molecule has 0 spiro atoms. The molecule has 2 amide bonds. The average molecular weight is 1930 g/mol. The van der Waals surface area contributed by atoms with Gasteiger partial charge in [-0.05, 0) is 460 Å². The van der Waals surface area contributed by atoms with Crippen LogP contribution in [0, 0.1) is 154 Å². The van der Waals surface area contributed by atoms with Crippen molar-refractivity contribution in [2.45, 2.75) is 334 Å². The second-order valence-electron chi connectivity index (χ2n) is 53.9. The molecule has 0 aromatic heterocycles. The second-order valence-corrected chi connectivity index (χ2v) is 53.9. The van der Waals surface area contributed by atoms with Crippen LogP contribution in [-0.2, 0) is 23.9 Å². The Morgan fingerprint density at radius 1 is 0.355 bits per heavy atom. The lowest BCUT2D eigenvalue weighted by Gasteiger charge is -2.72. The second kappa shape index (κ2) is 39.1. The fraction of sp³-hybridized carbons (Fsp3) is 0.712. The third-order valence-corrected chi connectivity index (χ3v) is 45.8. The maximum atomic E-state index is 13.4. The number of carboxylic acids is 2. The van der Waals surface area contributed by atoms with E-state index in [2.05, 4.69) is 221 Å². The topological polar surface area (TPSA) is 221 Å². The van der Waals surface area contributed by atoms with Gasteiger partial charge in [-0.1, -0.05) is 195 Å². The Morgan fingerprint density at radius 2 is 0.645 bits per heavy atom. The zero-order valence-electron chi connectivity index (χ0n) is 92.4. The molecule has 12 fully saturated rings. The van der Waals surface area contributed by atoms with Crippen LogP contribution in [-0.4, -0.2) is 153 Å². The van der Waals surface area contributed by atoms with Gasteiger partial charge in [0.05, 0.1) is 37.3 Å². The monoisotopic (exact) mass is 1930 g/mol.